The fraction of sp³-hybridized carbons (Fsp3) is 0.316. The normalized spacial score (nSPS) is 14.7. The topological polar surface area (TPSA) is 69.0 Å². The number of nitrogens with zero attached hydrogens (tertiary/aromatic N) is 4. The number of carbonyl (C=O) groups is 1. The molecule has 134 valence electrons. The van der Waals surface area contributed by atoms with Crippen LogP contribution in [0.15, 0.2) is 36.7 Å². The van der Waals surface area contributed by atoms with Crippen molar-refractivity contribution in [3.63, 3.8) is 0 Å². The van der Waals surface area contributed by atoms with Crippen molar-refractivity contribution >= 4 is 17.4 Å². The fourth-order valence-electron chi connectivity index (χ4n) is 3.23. The minimum absolute atomic E-state index is 0.305. The molecule has 0 spiro atoms. The molecule has 7 nitrogen and oxygen atoms in total. The molecule has 0 saturated carbocycles. The number of benzene rings is 1. The number of ketones is 1. The molecular weight excluding hydrogens is 332 g/mol. The van der Waals surface area contributed by atoms with Crippen LogP contribution in [-0.2, 0) is 4.79 Å². The summed E-state index contributed by atoms with van der Waals surface area (Å²) in [4.78, 5) is 23.0. The second kappa shape index (κ2) is 6.67. The third-order valence-electron chi connectivity index (χ3n) is 4.65. The molecule has 0 radical (unpaired) electrons. The van der Waals surface area contributed by atoms with Gasteiger partial charge < -0.3 is 14.4 Å². The summed E-state index contributed by atoms with van der Waals surface area (Å²) in [7, 11) is 3.23. The summed E-state index contributed by atoms with van der Waals surface area (Å²) in [6.07, 6.45) is 4.76. The van der Waals surface area contributed by atoms with Crippen LogP contribution in [0.3, 0.4) is 0 Å². The number of Topliss-reactive ketones (excluding diaryl/α,β-unsaturated/α-hetero) is 1. The summed E-state index contributed by atoms with van der Waals surface area (Å²) < 4.78 is 12.7. The maximum Gasteiger partial charge on any atom is 0.211 e. The van der Waals surface area contributed by atoms with Gasteiger partial charge in [0, 0.05) is 50.0 Å². The van der Waals surface area contributed by atoms with Gasteiger partial charge in [0.15, 0.2) is 11.5 Å². The molecule has 3 aromatic rings. The summed E-state index contributed by atoms with van der Waals surface area (Å²) in [6, 6.07) is 7.67. The molecule has 1 aromatic carbocycles. The van der Waals surface area contributed by atoms with E-state index in [9.17, 15) is 4.79 Å². The van der Waals surface area contributed by atoms with E-state index in [4.69, 9.17) is 14.5 Å². The first kappa shape index (κ1) is 16.4. The molecule has 3 heterocycles. The van der Waals surface area contributed by atoms with Crippen molar-refractivity contribution in [3.8, 4) is 22.8 Å². The highest BCUT2D eigenvalue weighted by Gasteiger charge is 2.21. The lowest BCUT2D eigenvalue weighted by Crippen LogP contribution is -2.35. The van der Waals surface area contributed by atoms with Crippen molar-refractivity contribution in [2.45, 2.75) is 12.8 Å². The number of hydrogen-bond donors (Lipinski definition) is 0. The number of piperidine rings is 1. The van der Waals surface area contributed by atoms with Crippen LogP contribution < -0.4 is 14.4 Å². The average molecular weight is 352 g/mol. The first-order valence-electron chi connectivity index (χ1n) is 8.53. The molecule has 1 fully saturated rings. The van der Waals surface area contributed by atoms with Crippen molar-refractivity contribution < 1.29 is 14.3 Å². The van der Waals surface area contributed by atoms with Crippen LogP contribution in [0.1, 0.15) is 12.8 Å². The van der Waals surface area contributed by atoms with Crippen LogP contribution in [0.4, 0.5) is 5.95 Å². The van der Waals surface area contributed by atoms with E-state index in [2.05, 4.69) is 9.88 Å². The number of hydrogen-bond acceptors (Lipinski definition) is 6. The lowest BCUT2D eigenvalue weighted by atomic mass is 10.1. The van der Waals surface area contributed by atoms with Gasteiger partial charge in [0.2, 0.25) is 5.95 Å². The molecular formula is C19H20N4O3. The predicted molar refractivity (Wildman–Crippen MR) is 98.0 cm³/mol. The second-order valence-electron chi connectivity index (χ2n) is 6.19. The quantitative estimate of drug-likeness (QED) is 0.719. The third-order valence-corrected chi connectivity index (χ3v) is 4.65. The largest absolute Gasteiger partial charge is 0.493 e. The zero-order valence-electron chi connectivity index (χ0n) is 14.8. The Kier molecular flexibility index (Phi) is 4.20. The van der Waals surface area contributed by atoms with Crippen molar-refractivity contribution in [1.29, 1.82) is 0 Å². The van der Waals surface area contributed by atoms with Gasteiger partial charge in [0.25, 0.3) is 0 Å². The van der Waals surface area contributed by atoms with Gasteiger partial charge in [-0.1, -0.05) is 0 Å². The average Bonchev–Trinajstić information content (AvgIpc) is 3.16. The molecule has 7 heteroatoms. The molecule has 2 aromatic heterocycles. The maximum atomic E-state index is 11.6. The van der Waals surface area contributed by atoms with Gasteiger partial charge in [-0.05, 0) is 18.2 Å². The monoisotopic (exact) mass is 352 g/mol. The van der Waals surface area contributed by atoms with E-state index >= 15 is 0 Å². The highest BCUT2D eigenvalue weighted by molar-refractivity contribution is 5.81. The Morgan fingerprint density at radius 2 is 1.81 bits per heavy atom. The van der Waals surface area contributed by atoms with Crippen molar-refractivity contribution in [2.24, 2.45) is 0 Å². The summed E-state index contributed by atoms with van der Waals surface area (Å²) in [5.41, 5.74) is 2.54. The first-order valence-corrected chi connectivity index (χ1v) is 8.53. The Hall–Kier alpha value is -3.09. The van der Waals surface area contributed by atoms with Crippen LogP contribution in [0.2, 0.25) is 0 Å². The Morgan fingerprint density at radius 3 is 2.54 bits per heavy atom. The molecule has 0 bridgehead atoms. The van der Waals surface area contributed by atoms with Gasteiger partial charge in [0.1, 0.15) is 11.4 Å². The summed E-state index contributed by atoms with van der Waals surface area (Å²) in [5.74, 6) is 2.43. The Morgan fingerprint density at radius 1 is 1.04 bits per heavy atom. The number of ether oxygens (including phenoxy) is 2. The number of anilines is 1. The van der Waals surface area contributed by atoms with Crippen LogP contribution in [-0.4, -0.2) is 47.5 Å². The number of imidazole rings is 1. The van der Waals surface area contributed by atoms with E-state index in [0.29, 0.717) is 43.2 Å². The second-order valence-corrected chi connectivity index (χ2v) is 6.19. The van der Waals surface area contributed by atoms with E-state index in [1.54, 1.807) is 20.4 Å². The molecule has 1 aliphatic rings. The molecule has 0 atom stereocenters. The molecule has 4 rings (SSSR count). The molecule has 1 aliphatic heterocycles. The standard InChI is InChI=1S/C19H20N4O3/c1-25-16-4-3-13(11-17(16)26-2)15-12-18-20-7-10-23(18)19(21-15)22-8-5-14(24)6-9-22/h3-4,7,10-12H,5-6,8-9H2,1-2H3. The Bertz CT molecular complexity index is 957. The van der Waals surface area contributed by atoms with Gasteiger partial charge in [0.05, 0.1) is 19.9 Å². The van der Waals surface area contributed by atoms with Crippen molar-refractivity contribution in [2.75, 3.05) is 32.2 Å². The summed E-state index contributed by atoms with van der Waals surface area (Å²) in [6.45, 7) is 1.35. The minimum atomic E-state index is 0.305. The zero-order chi connectivity index (χ0) is 18.1. The van der Waals surface area contributed by atoms with Gasteiger partial charge >= 0.3 is 0 Å². The van der Waals surface area contributed by atoms with Gasteiger partial charge in [-0.15, -0.1) is 0 Å². The van der Waals surface area contributed by atoms with Crippen molar-refractivity contribution in [1.82, 2.24) is 14.4 Å². The van der Waals surface area contributed by atoms with E-state index in [0.717, 1.165) is 22.9 Å². The summed E-state index contributed by atoms with van der Waals surface area (Å²) in [5, 5.41) is 0. The minimum Gasteiger partial charge on any atom is -0.493 e. The lowest BCUT2D eigenvalue weighted by molar-refractivity contribution is -0.119. The molecule has 0 amide bonds. The van der Waals surface area contributed by atoms with Crippen LogP contribution >= 0.6 is 0 Å². The lowest BCUT2D eigenvalue weighted by Gasteiger charge is -2.27. The number of rotatable bonds is 4. The van der Waals surface area contributed by atoms with Crippen LogP contribution in [0.25, 0.3) is 16.9 Å². The van der Waals surface area contributed by atoms with Gasteiger partial charge in [-0.25, -0.2) is 9.97 Å². The SMILES string of the molecule is COc1ccc(-c2cc3nccn3c(N3CCC(=O)CC3)n2)cc1OC. The number of carbonyl (C=O) groups excluding carboxylic acids is 1. The van der Waals surface area contributed by atoms with Gasteiger partial charge in [-0.2, -0.15) is 0 Å². The van der Waals surface area contributed by atoms with E-state index in [1.807, 2.05) is 34.9 Å². The highest BCUT2D eigenvalue weighted by Crippen LogP contribution is 2.33. The van der Waals surface area contributed by atoms with E-state index in [1.165, 1.54) is 0 Å². The van der Waals surface area contributed by atoms with Crippen LogP contribution in [0.5, 0.6) is 11.5 Å². The molecule has 26 heavy (non-hydrogen) atoms. The fourth-order valence-corrected chi connectivity index (χ4v) is 3.23. The number of methoxy groups -OCH3 is 2. The third kappa shape index (κ3) is 2.85. The summed E-state index contributed by atoms with van der Waals surface area (Å²) >= 11 is 0. The highest BCUT2D eigenvalue weighted by atomic mass is 16.5. The van der Waals surface area contributed by atoms with Gasteiger partial charge in [-0.3, -0.25) is 9.20 Å². The van der Waals surface area contributed by atoms with E-state index < -0.39 is 0 Å². The molecule has 0 aliphatic carbocycles. The molecule has 1 saturated heterocycles. The molecule has 0 N–H and O–H groups in total. The first-order chi connectivity index (χ1) is 12.7. The van der Waals surface area contributed by atoms with E-state index in [-0.39, 0.29) is 0 Å². The van der Waals surface area contributed by atoms with Crippen molar-refractivity contribution in [3.05, 3.63) is 36.7 Å². The number of aromatic nitrogens is 3. The number of fused-ring (bicyclic) bond motifs is 1. The smallest absolute Gasteiger partial charge is 0.211 e. The predicted octanol–water partition coefficient (Wildman–Crippen LogP) is 2.58. The zero-order valence-corrected chi connectivity index (χ0v) is 14.8. The Labute approximate surface area is 151 Å². The Balaban J connectivity index is 1.80. The maximum absolute atomic E-state index is 11.6. The molecule has 0 unspecified atom stereocenters. The van der Waals surface area contributed by atoms with Crippen LogP contribution in [0, 0.1) is 0 Å².